The van der Waals surface area contributed by atoms with Gasteiger partial charge in [0.05, 0.1) is 35.5 Å². The summed E-state index contributed by atoms with van der Waals surface area (Å²) in [5.74, 6) is -0.736. The SMILES string of the molecule is CC[C@H](C)[C@@H](C(=O)N[C@@H](Cc1ccccc1)[C@H](O)CN(CC1CCC1)S(=O)(=O)c1ccc(C=NO)cc1)N1CCN(Cc2csc(NC(C)=O)n2)C1=O. The van der Waals surface area contributed by atoms with Crippen LogP contribution >= 0.6 is 11.3 Å². The summed E-state index contributed by atoms with van der Waals surface area (Å²) in [6.07, 6.45) is 3.53. The Bertz CT molecular complexity index is 1830. The Balaban J connectivity index is 1.36. The van der Waals surface area contributed by atoms with Gasteiger partial charge in [0.2, 0.25) is 21.8 Å². The van der Waals surface area contributed by atoms with Crippen LogP contribution in [0.15, 0.2) is 70.0 Å². The fraction of sp³-hybridized carbons (Fsp3) is 0.486. The topological polar surface area (TPSA) is 185 Å². The molecule has 3 aromatic rings. The van der Waals surface area contributed by atoms with Crippen molar-refractivity contribution in [3.8, 4) is 0 Å². The lowest BCUT2D eigenvalue weighted by Gasteiger charge is -2.36. The number of hydrogen-bond acceptors (Lipinski definition) is 10. The molecule has 2 aromatic carbocycles. The molecule has 2 heterocycles. The van der Waals surface area contributed by atoms with E-state index in [-0.39, 0.29) is 54.7 Å². The maximum absolute atomic E-state index is 14.3. The fourth-order valence-corrected chi connectivity index (χ4v) is 8.93. The molecule has 1 aromatic heterocycles. The molecule has 1 saturated carbocycles. The molecule has 16 heteroatoms. The lowest BCUT2D eigenvalue weighted by atomic mass is 9.85. The number of amides is 4. The van der Waals surface area contributed by atoms with Gasteiger partial charge in [0.1, 0.15) is 6.04 Å². The number of aliphatic hydroxyl groups excluding tert-OH is 1. The van der Waals surface area contributed by atoms with E-state index in [0.29, 0.717) is 35.9 Å². The minimum Gasteiger partial charge on any atom is -0.411 e. The van der Waals surface area contributed by atoms with Crippen molar-refractivity contribution in [2.75, 3.05) is 31.5 Å². The van der Waals surface area contributed by atoms with E-state index in [0.717, 1.165) is 24.8 Å². The van der Waals surface area contributed by atoms with E-state index < -0.39 is 34.1 Å². The molecule has 0 unspecified atom stereocenters. The van der Waals surface area contributed by atoms with Crippen LogP contribution in [-0.4, -0.2) is 106 Å². The number of nitrogens with one attached hydrogen (secondary N) is 2. The predicted molar refractivity (Wildman–Crippen MR) is 202 cm³/mol. The Morgan fingerprint density at radius 2 is 1.85 bits per heavy atom. The minimum atomic E-state index is -4.05. The first kappa shape index (κ1) is 39.8. The van der Waals surface area contributed by atoms with Crippen molar-refractivity contribution >= 4 is 50.6 Å². The first-order chi connectivity index (χ1) is 25.4. The molecule has 1 aliphatic heterocycles. The molecule has 4 amide bonds. The van der Waals surface area contributed by atoms with Crippen LogP contribution in [0.1, 0.15) is 63.3 Å². The van der Waals surface area contributed by atoms with E-state index in [9.17, 15) is 27.9 Å². The summed E-state index contributed by atoms with van der Waals surface area (Å²) in [5.41, 5.74) is 2.00. The summed E-state index contributed by atoms with van der Waals surface area (Å²) in [6, 6.07) is 13.3. The molecule has 14 nitrogen and oxygen atoms in total. The number of nitrogens with zero attached hydrogens (tertiary/aromatic N) is 5. The van der Waals surface area contributed by atoms with E-state index in [4.69, 9.17) is 5.21 Å². The molecule has 2 fully saturated rings. The predicted octanol–water partition coefficient (Wildman–Crippen LogP) is 4.14. The summed E-state index contributed by atoms with van der Waals surface area (Å²) in [4.78, 5) is 47.2. The van der Waals surface area contributed by atoms with Gasteiger partial charge in [-0.2, -0.15) is 4.31 Å². The van der Waals surface area contributed by atoms with Crippen LogP contribution in [0.25, 0.3) is 0 Å². The third-order valence-electron chi connectivity index (χ3n) is 9.99. The number of sulfonamides is 1. The largest absolute Gasteiger partial charge is 0.411 e. The molecule has 4 N–H and O–H groups in total. The highest BCUT2D eigenvalue weighted by atomic mass is 32.2. The van der Waals surface area contributed by atoms with Gasteiger partial charge >= 0.3 is 6.03 Å². The number of rotatable bonds is 18. The first-order valence-corrected chi connectivity index (χ1v) is 20.3. The van der Waals surface area contributed by atoms with Crippen molar-refractivity contribution in [2.45, 2.75) is 82.5 Å². The number of thiazole rings is 1. The molecule has 1 saturated heterocycles. The van der Waals surface area contributed by atoms with Crippen LogP contribution in [0.4, 0.5) is 9.93 Å². The molecule has 0 radical (unpaired) electrons. The fourth-order valence-electron chi connectivity index (χ4n) is 6.65. The summed E-state index contributed by atoms with van der Waals surface area (Å²) < 4.78 is 29.4. The standard InChI is InChI=1S/C37H49N7O7S2/c1-4-25(2)34(44-18-17-42(37(44)48)22-30-24-52-36(40-30)39-26(3)45)35(47)41-32(19-27-9-6-5-7-10-27)33(46)23-43(21-29-11-8-12-29)53(50,51)31-15-13-28(14-16-31)20-38-49/h5-7,9-10,13-16,20,24-25,29,32-34,46,49H,4,8,11-12,17-19,21-23H2,1-3H3,(H,41,47)(H,39,40,45)/t25-,32-,33+,34-/m0/s1. The van der Waals surface area contributed by atoms with Crippen molar-refractivity contribution in [3.05, 3.63) is 76.8 Å². The maximum Gasteiger partial charge on any atom is 0.321 e. The van der Waals surface area contributed by atoms with Gasteiger partial charge in [0.15, 0.2) is 5.13 Å². The van der Waals surface area contributed by atoms with Crippen LogP contribution in [0.3, 0.4) is 0 Å². The van der Waals surface area contributed by atoms with Crippen molar-refractivity contribution in [2.24, 2.45) is 17.0 Å². The first-order valence-electron chi connectivity index (χ1n) is 18.0. The molecule has 286 valence electrons. The van der Waals surface area contributed by atoms with Crippen molar-refractivity contribution < 1.29 is 33.1 Å². The van der Waals surface area contributed by atoms with E-state index in [1.807, 2.05) is 44.2 Å². The summed E-state index contributed by atoms with van der Waals surface area (Å²) in [5, 5.41) is 31.7. The highest BCUT2D eigenvalue weighted by Gasteiger charge is 2.41. The Morgan fingerprint density at radius 3 is 2.47 bits per heavy atom. The maximum atomic E-state index is 14.3. The Kier molecular flexibility index (Phi) is 13.6. The van der Waals surface area contributed by atoms with Crippen molar-refractivity contribution in [1.29, 1.82) is 0 Å². The molecule has 2 aliphatic rings. The van der Waals surface area contributed by atoms with Gasteiger partial charge in [0.25, 0.3) is 0 Å². The van der Waals surface area contributed by atoms with Gasteiger partial charge in [-0.1, -0.05) is 74.3 Å². The van der Waals surface area contributed by atoms with E-state index in [1.165, 1.54) is 40.9 Å². The van der Waals surface area contributed by atoms with Gasteiger partial charge in [-0.05, 0) is 54.4 Å². The van der Waals surface area contributed by atoms with Crippen molar-refractivity contribution in [1.82, 2.24) is 24.4 Å². The lowest BCUT2D eigenvalue weighted by Crippen LogP contribution is -2.57. The average molecular weight is 768 g/mol. The van der Waals surface area contributed by atoms with Gasteiger partial charge in [-0.3, -0.25) is 9.59 Å². The zero-order valence-electron chi connectivity index (χ0n) is 30.3. The van der Waals surface area contributed by atoms with E-state index in [2.05, 4.69) is 20.8 Å². The smallest absolute Gasteiger partial charge is 0.321 e. The van der Waals surface area contributed by atoms with E-state index in [1.54, 1.807) is 27.3 Å². The second kappa shape index (κ2) is 18.1. The molecule has 5 rings (SSSR count). The number of carbonyl (C=O) groups excluding carboxylic acids is 3. The van der Waals surface area contributed by atoms with Gasteiger partial charge in [-0.25, -0.2) is 18.2 Å². The van der Waals surface area contributed by atoms with Gasteiger partial charge in [-0.15, -0.1) is 11.3 Å². The average Bonchev–Trinajstić information content (AvgIpc) is 3.70. The third kappa shape index (κ3) is 10.2. The number of hydrogen-bond donors (Lipinski definition) is 4. The number of benzene rings is 2. The summed E-state index contributed by atoms with van der Waals surface area (Å²) in [7, 11) is -4.05. The molecular weight excluding hydrogens is 719 g/mol. The molecule has 4 atom stereocenters. The van der Waals surface area contributed by atoms with Crippen LogP contribution in [0.2, 0.25) is 0 Å². The second-order valence-corrected chi connectivity index (χ2v) is 16.7. The monoisotopic (exact) mass is 767 g/mol. The molecule has 0 bridgehead atoms. The quantitative estimate of drug-likeness (QED) is 0.0846. The van der Waals surface area contributed by atoms with Crippen molar-refractivity contribution in [3.63, 3.8) is 0 Å². The van der Waals surface area contributed by atoms with Crippen LogP contribution in [0.5, 0.6) is 0 Å². The number of urea groups is 1. The van der Waals surface area contributed by atoms with Gasteiger partial charge < -0.3 is 30.7 Å². The van der Waals surface area contributed by atoms with E-state index >= 15 is 0 Å². The number of carbonyl (C=O) groups is 3. The Labute approximate surface area is 314 Å². The lowest BCUT2D eigenvalue weighted by molar-refractivity contribution is -0.128. The molecular formula is C37H49N7O7S2. The molecule has 53 heavy (non-hydrogen) atoms. The number of aliphatic hydroxyl groups is 1. The minimum absolute atomic E-state index is 0.0423. The van der Waals surface area contributed by atoms with Crippen LogP contribution in [0, 0.1) is 11.8 Å². The van der Waals surface area contributed by atoms with Crippen LogP contribution < -0.4 is 10.6 Å². The summed E-state index contributed by atoms with van der Waals surface area (Å²) in [6.45, 7) is 6.14. The zero-order valence-corrected chi connectivity index (χ0v) is 31.9. The number of aromatic nitrogens is 1. The third-order valence-corrected chi connectivity index (χ3v) is 12.6. The Hall–Kier alpha value is -4.38. The number of anilines is 1. The highest BCUT2D eigenvalue weighted by Crippen LogP contribution is 2.30. The molecule has 0 spiro atoms. The normalized spacial score (nSPS) is 17.5. The molecule has 1 aliphatic carbocycles. The summed E-state index contributed by atoms with van der Waals surface area (Å²) >= 11 is 1.27. The van der Waals surface area contributed by atoms with Crippen LogP contribution in [-0.2, 0) is 32.6 Å². The number of oxime groups is 1. The highest BCUT2D eigenvalue weighted by molar-refractivity contribution is 7.89. The Morgan fingerprint density at radius 1 is 1.13 bits per heavy atom. The zero-order chi connectivity index (χ0) is 38.1. The second-order valence-electron chi connectivity index (χ2n) is 13.9. The van der Waals surface area contributed by atoms with Gasteiger partial charge in [0, 0.05) is 38.5 Å².